The lowest BCUT2D eigenvalue weighted by Gasteiger charge is -2.35. The standard InChI is InChI=1S/C59H39NO/c1-5-19-42(20-6-1)59(43-21-7-2-8-22-43)53-33-16-15-27-48(53)50-32-17-31-47(57(50)59)41-37-35-40(36-38-41)46-30-18-34-55-56(46)52-39-54(49-28-13-14-29-51(49)58(52)61-55)60(44-23-9-3-10-24-44)45-25-11-4-12-26-45/h1-39H. The van der Waals surface area contributed by atoms with Gasteiger partial charge in [-0.3, -0.25) is 0 Å². The SMILES string of the molecule is c1ccc(N(c2ccccc2)c2cc3c(oc4cccc(-c5ccc(-c6cccc7c6C(c6ccccc6)(c6ccccc6)c6ccccc6-7)cc5)c43)c3ccccc23)cc1. The van der Waals surface area contributed by atoms with Crippen molar-refractivity contribution in [2.45, 2.75) is 5.41 Å². The second-order valence-electron chi connectivity index (χ2n) is 15.9. The van der Waals surface area contributed by atoms with Gasteiger partial charge in [0.05, 0.1) is 11.1 Å². The molecule has 0 amide bonds. The molecule has 1 aliphatic carbocycles. The lowest BCUT2D eigenvalue weighted by Crippen LogP contribution is -2.29. The van der Waals surface area contributed by atoms with E-state index in [4.69, 9.17) is 4.42 Å². The molecule has 10 aromatic carbocycles. The third kappa shape index (κ3) is 5.36. The molecule has 1 aromatic heterocycles. The first-order valence-electron chi connectivity index (χ1n) is 21.0. The number of rotatable bonds is 7. The van der Waals surface area contributed by atoms with E-state index in [0.717, 1.165) is 60.9 Å². The zero-order valence-corrected chi connectivity index (χ0v) is 33.4. The highest BCUT2D eigenvalue weighted by Crippen LogP contribution is 2.58. The summed E-state index contributed by atoms with van der Waals surface area (Å²) in [7, 11) is 0. The molecule has 0 fully saturated rings. The van der Waals surface area contributed by atoms with E-state index in [9.17, 15) is 0 Å². The fraction of sp³-hybridized carbons (Fsp3) is 0.0169. The highest BCUT2D eigenvalue weighted by molar-refractivity contribution is 6.22. The molecule has 1 heterocycles. The van der Waals surface area contributed by atoms with E-state index < -0.39 is 5.41 Å². The van der Waals surface area contributed by atoms with Crippen LogP contribution in [-0.2, 0) is 5.41 Å². The van der Waals surface area contributed by atoms with E-state index >= 15 is 0 Å². The summed E-state index contributed by atoms with van der Waals surface area (Å²) in [6, 6.07) is 85.8. The summed E-state index contributed by atoms with van der Waals surface area (Å²) in [6.45, 7) is 0. The molecule has 12 rings (SSSR count). The Hall–Kier alpha value is -7.94. The predicted molar refractivity (Wildman–Crippen MR) is 254 cm³/mol. The van der Waals surface area contributed by atoms with Crippen molar-refractivity contribution in [1.29, 1.82) is 0 Å². The molecule has 0 atom stereocenters. The van der Waals surface area contributed by atoms with Gasteiger partial charge in [-0.05, 0) is 92.0 Å². The second kappa shape index (κ2) is 14.1. The summed E-state index contributed by atoms with van der Waals surface area (Å²) in [5.41, 5.74) is 17.0. The fourth-order valence-corrected chi connectivity index (χ4v) is 10.2. The van der Waals surface area contributed by atoms with E-state index in [2.05, 4.69) is 241 Å². The molecule has 2 heteroatoms. The fourth-order valence-electron chi connectivity index (χ4n) is 10.2. The molecule has 2 nitrogen and oxygen atoms in total. The number of hydrogen-bond acceptors (Lipinski definition) is 2. The summed E-state index contributed by atoms with van der Waals surface area (Å²) in [5, 5.41) is 4.42. The van der Waals surface area contributed by atoms with Crippen LogP contribution >= 0.6 is 0 Å². The van der Waals surface area contributed by atoms with Gasteiger partial charge < -0.3 is 9.32 Å². The Balaban J connectivity index is 1.05. The minimum absolute atomic E-state index is 0.487. The van der Waals surface area contributed by atoms with Crippen molar-refractivity contribution in [3.8, 4) is 33.4 Å². The molecular weight excluding hydrogens is 739 g/mol. The van der Waals surface area contributed by atoms with Gasteiger partial charge in [0.1, 0.15) is 11.2 Å². The zero-order valence-electron chi connectivity index (χ0n) is 33.4. The van der Waals surface area contributed by atoms with Gasteiger partial charge in [0.25, 0.3) is 0 Å². The minimum Gasteiger partial charge on any atom is -0.455 e. The molecule has 0 N–H and O–H groups in total. The average Bonchev–Trinajstić information content (AvgIpc) is 3.88. The molecule has 0 unspecified atom stereocenters. The van der Waals surface area contributed by atoms with Gasteiger partial charge in [-0.25, -0.2) is 0 Å². The highest BCUT2D eigenvalue weighted by Gasteiger charge is 2.47. The van der Waals surface area contributed by atoms with Gasteiger partial charge in [0.2, 0.25) is 0 Å². The van der Waals surface area contributed by atoms with Crippen molar-refractivity contribution in [2.75, 3.05) is 4.90 Å². The maximum atomic E-state index is 6.84. The van der Waals surface area contributed by atoms with Gasteiger partial charge in [0, 0.05) is 32.9 Å². The van der Waals surface area contributed by atoms with Crippen LogP contribution in [0, 0.1) is 0 Å². The Kier molecular flexibility index (Phi) is 8.11. The van der Waals surface area contributed by atoms with Gasteiger partial charge in [-0.15, -0.1) is 0 Å². The summed E-state index contributed by atoms with van der Waals surface area (Å²) in [6.07, 6.45) is 0. The molecule has 0 saturated heterocycles. The first-order valence-corrected chi connectivity index (χ1v) is 21.0. The van der Waals surface area contributed by atoms with Gasteiger partial charge in [0.15, 0.2) is 0 Å². The molecule has 0 radical (unpaired) electrons. The van der Waals surface area contributed by atoms with Crippen molar-refractivity contribution in [1.82, 2.24) is 0 Å². The largest absolute Gasteiger partial charge is 0.455 e. The Morgan fingerprint density at radius 2 is 0.852 bits per heavy atom. The van der Waals surface area contributed by atoms with Gasteiger partial charge in [-0.1, -0.05) is 200 Å². The van der Waals surface area contributed by atoms with E-state index in [1.165, 1.54) is 44.5 Å². The quantitative estimate of drug-likeness (QED) is 0.160. The maximum absolute atomic E-state index is 6.84. The molecule has 0 bridgehead atoms. The Bertz CT molecular complexity index is 3310. The monoisotopic (exact) mass is 777 g/mol. The zero-order chi connectivity index (χ0) is 40.3. The molecule has 11 aromatic rings. The first-order chi connectivity index (χ1) is 30.3. The average molecular weight is 778 g/mol. The molecule has 286 valence electrons. The maximum Gasteiger partial charge on any atom is 0.143 e. The Morgan fingerprint density at radius 3 is 1.51 bits per heavy atom. The van der Waals surface area contributed by atoms with Crippen molar-refractivity contribution in [2.24, 2.45) is 0 Å². The van der Waals surface area contributed by atoms with Crippen LogP contribution in [0.15, 0.2) is 241 Å². The number of anilines is 3. The Labute approximate surface area is 355 Å². The molecule has 61 heavy (non-hydrogen) atoms. The second-order valence-corrected chi connectivity index (χ2v) is 15.9. The number of para-hydroxylation sites is 2. The van der Waals surface area contributed by atoms with E-state index in [-0.39, 0.29) is 0 Å². The summed E-state index contributed by atoms with van der Waals surface area (Å²) in [4.78, 5) is 2.36. The number of furan rings is 1. The third-order valence-corrected chi connectivity index (χ3v) is 12.7. The van der Waals surface area contributed by atoms with Crippen LogP contribution in [-0.4, -0.2) is 0 Å². The number of hydrogen-bond donors (Lipinski definition) is 0. The van der Waals surface area contributed by atoms with E-state index in [1.54, 1.807) is 0 Å². The van der Waals surface area contributed by atoms with Crippen LogP contribution in [0.25, 0.3) is 66.1 Å². The lowest BCUT2D eigenvalue weighted by atomic mass is 9.66. The van der Waals surface area contributed by atoms with Crippen LogP contribution in [0.3, 0.4) is 0 Å². The van der Waals surface area contributed by atoms with Crippen molar-refractivity contribution in [3.63, 3.8) is 0 Å². The highest BCUT2D eigenvalue weighted by atomic mass is 16.3. The summed E-state index contributed by atoms with van der Waals surface area (Å²) < 4.78 is 6.84. The predicted octanol–water partition coefficient (Wildman–Crippen LogP) is 15.9. The number of fused-ring (bicyclic) bond motifs is 8. The van der Waals surface area contributed by atoms with Crippen LogP contribution in [0.1, 0.15) is 22.3 Å². The molecule has 0 spiro atoms. The minimum atomic E-state index is -0.487. The van der Waals surface area contributed by atoms with Crippen molar-refractivity contribution in [3.05, 3.63) is 259 Å². The van der Waals surface area contributed by atoms with Crippen molar-refractivity contribution >= 4 is 49.8 Å². The summed E-state index contributed by atoms with van der Waals surface area (Å²) >= 11 is 0. The van der Waals surface area contributed by atoms with E-state index in [1.807, 2.05) is 0 Å². The van der Waals surface area contributed by atoms with E-state index in [0.29, 0.717) is 0 Å². The molecule has 0 saturated carbocycles. The van der Waals surface area contributed by atoms with Crippen LogP contribution in [0.4, 0.5) is 17.1 Å². The van der Waals surface area contributed by atoms with Gasteiger partial charge in [-0.2, -0.15) is 0 Å². The van der Waals surface area contributed by atoms with Gasteiger partial charge >= 0.3 is 0 Å². The Morgan fingerprint density at radius 1 is 0.361 bits per heavy atom. The van der Waals surface area contributed by atoms with Crippen LogP contribution in [0.2, 0.25) is 0 Å². The van der Waals surface area contributed by atoms with Crippen LogP contribution < -0.4 is 4.90 Å². The molecular formula is C59H39NO. The smallest absolute Gasteiger partial charge is 0.143 e. The molecule has 0 aliphatic heterocycles. The summed E-state index contributed by atoms with van der Waals surface area (Å²) in [5.74, 6) is 0. The normalized spacial score (nSPS) is 12.7. The molecule has 1 aliphatic rings. The van der Waals surface area contributed by atoms with Crippen molar-refractivity contribution < 1.29 is 4.42 Å². The lowest BCUT2D eigenvalue weighted by molar-refractivity contribution is 0.673. The third-order valence-electron chi connectivity index (χ3n) is 12.7. The number of benzene rings is 10. The van der Waals surface area contributed by atoms with Crippen LogP contribution in [0.5, 0.6) is 0 Å². The first kappa shape index (κ1) is 35.0. The number of nitrogens with zero attached hydrogens (tertiary/aromatic N) is 1. The topological polar surface area (TPSA) is 16.4 Å².